The third-order valence-corrected chi connectivity index (χ3v) is 5.48. The second-order valence-corrected chi connectivity index (χ2v) is 7.65. The fourth-order valence-corrected chi connectivity index (χ4v) is 3.87. The minimum atomic E-state index is -0.409. The number of fused-ring (bicyclic) bond motifs is 1. The molecule has 0 aliphatic heterocycles. The minimum Gasteiger partial charge on any atom is -0.453 e. The van der Waals surface area contributed by atoms with Gasteiger partial charge in [0.05, 0.1) is 5.69 Å². The molecule has 0 unspecified atom stereocenters. The lowest BCUT2D eigenvalue weighted by Crippen LogP contribution is -2.21. The van der Waals surface area contributed by atoms with Crippen LogP contribution in [0.5, 0.6) is 6.01 Å². The van der Waals surface area contributed by atoms with Crippen molar-refractivity contribution in [2.45, 2.75) is 44.4 Å². The Bertz CT molecular complexity index is 1120. The zero-order chi connectivity index (χ0) is 20.5. The number of anilines is 1. The summed E-state index contributed by atoms with van der Waals surface area (Å²) in [6, 6.07) is 12.2. The number of amides is 1. The van der Waals surface area contributed by atoms with Crippen molar-refractivity contribution in [2.75, 3.05) is 11.9 Å². The molecule has 30 heavy (non-hydrogen) atoms. The first-order valence-electron chi connectivity index (χ1n) is 10.2. The van der Waals surface area contributed by atoms with E-state index < -0.39 is 5.91 Å². The first kappa shape index (κ1) is 18.4. The lowest BCUT2D eigenvalue weighted by Gasteiger charge is -2.10. The molecule has 1 saturated carbocycles. The molecule has 1 N–H and O–H groups in total. The Hall–Kier alpha value is -3.60. The highest BCUT2D eigenvalue weighted by Crippen LogP contribution is 2.41. The van der Waals surface area contributed by atoms with E-state index in [0.29, 0.717) is 11.5 Å². The molecule has 1 fully saturated rings. The van der Waals surface area contributed by atoms with Crippen molar-refractivity contribution in [3.8, 4) is 17.8 Å². The third-order valence-electron chi connectivity index (χ3n) is 5.48. The number of nitrogens with one attached hydrogen (secondary N) is 1. The predicted molar refractivity (Wildman–Crippen MR) is 108 cm³/mol. The van der Waals surface area contributed by atoms with Crippen molar-refractivity contribution in [2.24, 2.45) is 0 Å². The average molecular weight is 403 g/mol. The first-order valence-corrected chi connectivity index (χ1v) is 10.2. The lowest BCUT2D eigenvalue weighted by atomic mass is 9.96. The third kappa shape index (κ3) is 3.43. The summed E-state index contributed by atoms with van der Waals surface area (Å²) < 4.78 is 13.3. The maximum absolute atomic E-state index is 12.5. The largest absolute Gasteiger partial charge is 0.453 e. The smallest absolute Gasteiger partial charge is 0.322 e. The summed E-state index contributed by atoms with van der Waals surface area (Å²) in [5.74, 6) is 1.82. The molecule has 0 spiro atoms. The van der Waals surface area contributed by atoms with Crippen molar-refractivity contribution in [3.05, 3.63) is 53.0 Å². The van der Waals surface area contributed by atoms with Crippen LogP contribution < -0.4 is 10.1 Å². The van der Waals surface area contributed by atoms with Crippen molar-refractivity contribution in [1.29, 1.82) is 5.26 Å². The highest BCUT2D eigenvalue weighted by atomic mass is 16.5. The van der Waals surface area contributed by atoms with E-state index in [1.54, 1.807) is 0 Å². The number of nitriles is 1. The maximum Gasteiger partial charge on any atom is 0.322 e. The number of hydrogen-bond acceptors (Lipinski definition) is 6. The molecule has 0 atom stereocenters. The fourth-order valence-electron chi connectivity index (χ4n) is 3.87. The molecule has 0 radical (unpaired) electrons. The zero-order valence-corrected chi connectivity index (χ0v) is 16.4. The van der Waals surface area contributed by atoms with E-state index in [0.717, 1.165) is 61.4 Å². The number of benzene rings is 1. The van der Waals surface area contributed by atoms with Gasteiger partial charge < -0.3 is 9.15 Å². The van der Waals surface area contributed by atoms with Crippen LogP contribution in [0.4, 0.5) is 5.88 Å². The number of nitrogens with zero attached hydrogens (tertiary/aromatic N) is 4. The van der Waals surface area contributed by atoms with Crippen molar-refractivity contribution in [1.82, 2.24) is 14.8 Å². The van der Waals surface area contributed by atoms with Gasteiger partial charge in [-0.2, -0.15) is 5.26 Å². The van der Waals surface area contributed by atoms with Crippen LogP contribution in [0.2, 0.25) is 0 Å². The number of furan rings is 1. The number of aromatic nitrogens is 3. The van der Waals surface area contributed by atoms with Crippen LogP contribution in [0.1, 0.15) is 54.3 Å². The quantitative estimate of drug-likeness (QED) is 0.675. The van der Waals surface area contributed by atoms with Gasteiger partial charge in [-0.05, 0) is 44.2 Å². The molecule has 1 amide bonds. The van der Waals surface area contributed by atoms with Crippen LogP contribution in [-0.2, 0) is 17.6 Å². The Balaban J connectivity index is 1.32. The van der Waals surface area contributed by atoms with E-state index in [9.17, 15) is 10.1 Å². The zero-order valence-electron chi connectivity index (χ0n) is 16.4. The molecule has 2 aromatic heterocycles. The van der Waals surface area contributed by atoms with Gasteiger partial charge in [0.2, 0.25) is 5.88 Å². The van der Waals surface area contributed by atoms with Crippen LogP contribution >= 0.6 is 0 Å². The molecular formula is C22H21N5O3. The molecule has 152 valence electrons. The summed E-state index contributed by atoms with van der Waals surface area (Å²) in [7, 11) is 0. The van der Waals surface area contributed by atoms with Gasteiger partial charge in [-0.3, -0.25) is 10.1 Å². The molecule has 8 heteroatoms. The molecule has 5 rings (SSSR count). The molecular weight excluding hydrogens is 382 g/mol. The normalized spacial score (nSPS) is 15.3. The Labute approximate surface area is 173 Å². The van der Waals surface area contributed by atoms with Gasteiger partial charge in [0.25, 0.3) is 5.91 Å². The predicted octanol–water partition coefficient (Wildman–Crippen LogP) is 3.51. The summed E-state index contributed by atoms with van der Waals surface area (Å²) in [5.41, 5.74) is 2.23. The Kier molecular flexibility index (Phi) is 4.71. The summed E-state index contributed by atoms with van der Waals surface area (Å²) in [4.78, 5) is 12.5. The molecule has 1 aromatic carbocycles. The molecule has 2 aliphatic rings. The van der Waals surface area contributed by atoms with Crippen LogP contribution in [0.25, 0.3) is 5.69 Å². The highest BCUT2D eigenvalue weighted by Gasteiger charge is 2.31. The van der Waals surface area contributed by atoms with E-state index in [-0.39, 0.29) is 18.5 Å². The lowest BCUT2D eigenvalue weighted by molar-refractivity contribution is -0.118. The summed E-state index contributed by atoms with van der Waals surface area (Å²) >= 11 is 0. The summed E-state index contributed by atoms with van der Waals surface area (Å²) in [6.45, 7) is -0.258. The van der Waals surface area contributed by atoms with Gasteiger partial charge in [-0.1, -0.05) is 23.3 Å². The van der Waals surface area contributed by atoms with E-state index in [1.165, 1.54) is 0 Å². The number of para-hydroxylation sites is 1. The van der Waals surface area contributed by atoms with Crippen LogP contribution in [0, 0.1) is 11.3 Å². The molecule has 3 aromatic rings. The van der Waals surface area contributed by atoms with E-state index in [1.807, 2.05) is 34.9 Å². The van der Waals surface area contributed by atoms with Crippen molar-refractivity contribution >= 4 is 11.8 Å². The van der Waals surface area contributed by atoms with Gasteiger partial charge in [-0.25, -0.2) is 4.57 Å². The average Bonchev–Trinajstić information content (AvgIpc) is 3.43. The molecule has 2 heterocycles. The minimum absolute atomic E-state index is 0.209. The fraction of sp³-hybridized carbons (Fsp3) is 0.364. The van der Waals surface area contributed by atoms with E-state index >= 15 is 0 Å². The van der Waals surface area contributed by atoms with Gasteiger partial charge in [0, 0.05) is 17.9 Å². The van der Waals surface area contributed by atoms with Gasteiger partial charge in [-0.15, -0.1) is 5.10 Å². The first-order chi connectivity index (χ1) is 14.7. The Morgan fingerprint density at radius 1 is 1.23 bits per heavy atom. The van der Waals surface area contributed by atoms with E-state index in [4.69, 9.17) is 9.15 Å². The number of rotatable bonds is 6. The van der Waals surface area contributed by atoms with Gasteiger partial charge in [0.15, 0.2) is 6.61 Å². The second-order valence-electron chi connectivity index (χ2n) is 7.65. The highest BCUT2D eigenvalue weighted by molar-refractivity contribution is 5.92. The van der Waals surface area contributed by atoms with Gasteiger partial charge >= 0.3 is 6.01 Å². The maximum atomic E-state index is 12.5. The van der Waals surface area contributed by atoms with Crippen molar-refractivity contribution in [3.63, 3.8) is 0 Å². The van der Waals surface area contributed by atoms with Crippen LogP contribution in [0.15, 0.2) is 34.7 Å². The molecule has 2 aliphatic carbocycles. The molecule has 8 nitrogen and oxygen atoms in total. The van der Waals surface area contributed by atoms with Crippen LogP contribution in [-0.4, -0.2) is 27.3 Å². The monoisotopic (exact) mass is 403 g/mol. The summed E-state index contributed by atoms with van der Waals surface area (Å²) in [5, 5.41) is 20.6. The van der Waals surface area contributed by atoms with Crippen molar-refractivity contribution < 1.29 is 13.9 Å². The molecule has 0 saturated heterocycles. The standard InChI is InChI=1S/C22H21N5O3/c23-12-17-16-8-4-5-9-18(16)30-21(17)24-19(28)13-29-22-26-25-20(14-10-11-14)27(22)15-6-2-1-3-7-15/h1-3,6-7,14H,4-5,8-11,13H2,(H,24,28). The topological polar surface area (TPSA) is 106 Å². The number of carbonyl (C=O) groups excluding carboxylic acids is 1. The van der Waals surface area contributed by atoms with Gasteiger partial charge in [0.1, 0.15) is 23.2 Å². The second kappa shape index (κ2) is 7.67. The van der Waals surface area contributed by atoms with E-state index in [2.05, 4.69) is 21.6 Å². The number of carbonyl (C=O) groups is 1. The molecule has 0 bridgehead atoms. The van der Waals surface area contributed by atoms with Crippen LogP contribution in [0.3, 0.4) is 0 Å². The Morgan fingerprint density at radius 2 is 2.03 bits per heavy atom. The summed E-state index contributed by atoms with van der Waals surface area (Å²) in [6.07, 6.45) is 5.80. The number of aryl methyl sites for hydroxylation is 1. The number of hydrogen-bond donors (Lipinski definition) is 1. The SMILES string of the molecule is N#Cc1c(NC(=O)COc2nnc(C3CC3)n2-c2ccccc2)oc2c1CCCC2. The number of ether oxygens (including phenoxy) is 1. The Morgan fingerprint density at radius 3 is 2.80 bits per heavy atom.